The third kappa shape index (κ3) is 6.35. The molecule has 1 aliphatic rings. The minimum Gasteiger partial charge on any atom is -0.350 e. The molecule has 0 aromatic heterocycles. The number of rotatable bonds is 8. The Morgan fingerprint density at radius 2 is 1.81 bits per heavy atom. The fourth-order valence-electron chi connectivity index (χ4n) is 3.81. The molecule has 0 spiro atoms. The Hall–Kier alpha value is -1.80. The van der Waals surface area contributed by atoms with Crippen LogP contribution < -0.4 is 9.62 Å². The standard InChI is InChI=1S/C22H27Cl2N3O3S/c1-16(27(31(2,29)30)21-13-19(23)8-9-20(21)24)22(28)25-14-17-6-5-7-18(12-17)15-26-10-3-4-11-26/h5-9,12-13,16H,3-4,10-11,14-15H2,1-2H3,(H,25,28)/t16-/m1/s1. The van der Waals surface area contributed by atoms with Crippen molar-refractivity contribution in [1.82, 2.24) is 10.2 Å². The molecule has 9 heteroatoms. The third-order valence-corrected chi connectivity index (χ3v) is 7.08. The molecule has 0 bridgehead atoms. The number of carbonyl (C=O) groups is 1. The van der Waals surface area contributed by atoms with Crippen molar-refractivity contribution in [3.8, 4) is 0 Å². The second-order valence-corrected chi connectivity index (χ2v) is 10.6. The first kappa shape index (κ1) is 23.9. The number of likely N-dealkylation sites (tertiary alicyclic amines) is 1. The van der Waals surface area contributed by atoms with E-state index < -0.39 is 22.0 Å². The second-order valence-electron chi connectivity index (χ2n) is 7.85. The van der Waals surface area contributed by atoms with Gasteiger partial charge in [0, 0.05) is 18.1 Å². The zero-order valence-electron chi connectivity index (χ0n) is 17.6. The number of halogens is 2. The molecule has 1 N–H and O–H groups in total. The van der Waals surface area contributed by atoms with Crippen molar-refractivity contribution in [2.75, 3.05) is 23.7 Å². The van der Waals surface area contributed by atoms with E-state index in [4.69, 9.17) is 23.2 Å². The van der Waals surface area contributed by atoms with Crippen LogP contribution in [0.25, 0.3) is 0 Å². The Morgan fingerprint density at radius 3 is 2.48 bits per heavy atom. The number of amides is 1. The van der Waals surface area contributed by atoms with Crippen LogP contribution in [-0.4, -0.2) is 44.6 Å². The van der Waals surface area contributed by atoms with E-state index >= 15 is 0 Å². The smallest absolute Gasteiger partial charge is 0.243 e. The molecule has 1 saturated heterocycles. The summed E-state index contributed by atoms with van der Waals surface area (Å²) in [6.07, 6.45) is 3.51. The van der Waals surface area contributed by atoms with Crippen molar-refractivity contribution in [1.29, 1.82) is 0 Å². The van der Waals surface area contributed by atoms with Crippen LogP contribution in [0.4, 0.5) is 5.69 Å². The summed E-state index contributed by atoms with van der Waals surface area (Å²) in [5, 5.41) is 3.37. The van der Waals surface area contributed by atoms with Gasteiger partial charge in [0.15, 0.2) is 0 Å². The van der Waals surface area contributed by atoms with Crippen LogP contribution in [0.1, 0.15) is 30.9 Å². The Labute approximate surface area is 194 Å². The summed E-state index contributed by atoms with van der Waals surface area (Å²) in [4.78, 5) is 15.3. The van der Waals surface area contributed by atoms with E-state index in [2.05, 4.69) is 22.3 Å². The third-order valence-electron chi connectivity index (χ3n) is 5.30. The quantitative estimate of drug-likeness (QED) is 0.614. The molecule has 2 aromatic carbocycles. The summed E-state index contributed by atoms with van der Waals surface area (Å²) in [6.45, 7) is 4.96. The highest BCUT2D eigenvalue weighted by Crippen LogP contribution is 2.32. The molecule has 1 heterocycles. The molecule has 1 atom stereocenters. The van der Waals surface area contributed by atoms with Gasteiger partial charge in [-0.1, -0.05) is 47.5 Å². The van der Waals surface area contributed by atoms with Crippen LogP contribution in [0.2, 0.25) is 10.0 Å². The van der Waals surface area contributed by atoms with Gasteiger partial charge in [-0.15, -0.1) is 0 Å². The van der Waals surface area contributed by atoms with Gasteiger partial charge in [-0.2, -0.15) is 0 Å². The Morgan fingerprint density at radius 1 is 1.13 bits per heavy atom. The Balaban J connectivity index is 1.70. The van der Waals surface area contributed by atoms with Crippen molar-refractivity contribution in [3.05, 3.63) is 63.6 Å². The highest BCUT2D eigenvalue weighted by atomic mass is 35.5. The molecule has 1 aliphatic heterocycles. The lowest BCUT2D eigenvalue weighted by molar-refractivity contribution is -0.122. The number of benzene rings is 2. The number of anilines is 1. The summed E-state index contributed by atoms with van der Waals surface area (Å²) in [5.41, 5.74) is 2.33. The van der Waals surface area contributed by atoms with E-state index in [0.717, 1.165) is 35.8 Å². The van der Waals surface area contributed by atoms with E-state index in [-0.39, 0.29) is 10.7 Å². The topological polar surface area (TPSA) is 69.7 Å². The van der Waals surface area contributed by atoms with Gasteiger partial charge in [0.2, 0.25) is 15.9 Å². The first-order chi connectivity index (χ1) is 14.6. The molecule has 0 saturated carbocycles. The van der Waals surface area contributed by atoms with Crippen molar-refractivity contribution in [2.45, 2.75) is 38.9 Å². The molecule has 31 heavy (non-hydrogen) atoms. The molecule has 0 unspecified atom stereocenters. The molecule has 1 fully saturated rings. The number of carbonyl (C=O) groups excluding carboxylic acids is 1. The lowest BCUT2D eigenvalue weighted by atomic mass is 10.1. The zero-order chi connectivity index (χ0) is 22.6. The maximum Gasteiger partial charge on any atom is 0.243 e. The summed E-state index contributed by atoms with van der Waals surface area (Å²) in [7, 11) is -3.78. The average molecular weight is 484 g/mol. The van der Waals surface area contributed by atoms with E-state index in [9.17, 15) is 13.2 Å². The van der Waals surface area contributed by atoms with Gasteiger partial charge in [-0.25, -0.2) is 8.42 Å². The van der Waals surface area contributed by atoms with E-state index in [1.165, 1.54) is 37.5 Å². The van der Waals surface area contributed by atoms with Gasteiger partial charge in [0.25, 0.3) is 0 Å². The molecule has 3 rings (SSSR count). The zero-order valence-corrected chi connectivity index (χ0v) is 20.0. The van der Waals surface area contributed by atoms with Gasteiger partial charge in [-0.05, 0) is 62.2 Å². The summed E-state index contributed by atoms with van der Waals surface area (Å²) in [5.74, 6) is -0.425. The molecule has 168 valence electrons. The SMILES string of the molecule is C[C@H](C(=O)NCc1cccc(CN2CCCC2)c1)N(c1cc(Cl)ccc1Cl)S(C)(=O)=O. The first-order valence-corrected chi connectivity index (χ1v) is 12.8. The predicted molar refractivity (Wildman–Crippen MR) is 126 cm³/mol. The van der Waals surface area contributed by atoms with Gasteiger partial charge in [0.1, 0.15) is 6.04 Å². The van der Waals surface area contributed by atoms with Crippen LogP contribution in [0, 0.1) is 0 Å². The van der Waals surface area contributed by atoms with Crippen molar-refractivity contribution in [3.63, 3.8) is 0 Å². The molecular formula is C22H27Cl2N3O3S. The monoisotopic (exact) mass is 483 g/mol. The highest BCUT2D eigenvalue weighted by molar-refractivity contribution is 7.92. The van der Waals surface area contributed by atoms with Crippen LogP contribution >= 0.6 is 23.2 Å². The van der Waals surface area contributed by atoms with Crippen molar-refractivity contribution in [2.24, 2.45) is 0 Å². The van der Waals surface area contributed by atoms with Crippen LogP contribution in [0.15, 0.2) is 42.5 Å². The molecule has 0 radical (unpaired) electrons. The number of hydrogen-bond donors (Lipinski definition) is 1. The van der Waals surface area contributed by atoms with Gasteiger partial charge in [0.05, 0.1) is 17.0 Å². The lowest BCUT2D eigenvalue weighted by Gasteiger charge is -2.29. The highest BCUT2D eigenvalue weighted by Gasteiger charge is 2.30. The van der Waals surface area contributed by atoms with Gasteiger partial charge >= 0.3 is 0 Å². The van der Waals surface area contributed by atoms with Gasteiger partial charge < -0.3 is 5.32 Å². The van der Waals surface area contributed by atoms with Crippen molar-refractivity contribution >= 4 is 44.8 Å². The summed E-state index contributed by atoms with van der Waals surface area (Å²) >= 11 is 12.2. The van der Waals surface area contributed by atoms with Crippen LogP contribution in [0.3, 0.4) is 0 Å². The maximum atomic E-state index is 12.8. The molecule has 0 aliphatic carbocycles. The Kier molecular flexibility index (Phi) is 7.86. The molecular weight excluding hydrogens is 457 g/mol. The lowest BCUT2D eigenvalue weighted by Crippen LogP contribution is -2.47. The van der Waals surface area contributed by atoms with Gasteiger partial charge in [-0.3, -0.25) is 14.0 Å². The minimum atomic E-state index is -3.78. The Bertz CT molecular complexity index is 1040. The number of hydrogen-bond acceptors (Lipinski definition) is 4. The number of nitrogens with zero attached hydrogens (tertiary/aromatic N) is 2. The second kappa shape index (κ2) is 10.2. The average Bonchev–Trinajstić information content (AvgIpc) is 3.21. The van der Waals surface area contributed by atoms with Crippen LogP contribution in [-0.2, 0) is 27.9 Å². The fraction of sp³-hybridized carbons (Fsp3) is 0.409. The summed E-state index contributed by atoms with van der Waals surface area (Å²) < 4.78 is 25.9. The van der Waals surface area contributed by atoms with Crippen LogP contribution in [0.5, 0.6) is 0 Å². The molecule has 2 aromatic rings. The first-order valence-electron chi connectivity index (χ1n) is 10.2. The fourth-order valence-corrected chi connectivity index (χ4v) is 5.41. The maximum absolute atomic E-state index is 12.8. The van der Waals surface area contributed by atoms with E-state index in [1.807, 2.05) is 12.1 Å². The minimum absolute atomic E-state index is 0.173. The summed E-state index contributed by atoms with van der Waals surface area (Å²) in [6, 6.07) is 11.6. The number of nitrogens with one attached hydrogen (secondary N) is 1. The number of sulfonamides is 1. The normalized spacial score (nSPS) is 15.6. The van der Waals surface area contributed by atoms with E-state index in [0.29, 0.717) is 11.6 Å². The van der Waals surface area contributed by atoms with E-state index in [1.54, 1.807) is 6.07 Å². The molecule has 6 nitrogen and oxygen atoms in total. The molecule has 1 amide bonds. The predicted octanol–water partition coefficient (Wildman–Crippen LogP) is 4.06. The van der Waals surface area contributed by atoms with Crippen molar-refractivity contribution < 1.29 is 13.2 Å². The largest absolute Gasteiger partial charge is 0.350 e.